The van der Waals surface area contributed by atoms with E-state index in [1.54, 1.807) is 0 Å². The molecule has 0 aliphatic heterocycles. The lowest BCUT2D eigenvalue weighted by Gasteiger charge is -2.23. The van der Waals surface area contributed by atoms with Crippen LogP contribution in [0.5, 0.6) is 0 Å². The number of aromatic carboxylic acids is 1. The third-order valence-corrected chi connectivity index (χ3v) is 5.10. The van der Waals surface area contributed by atoms with Gasteiger partial charge in [0.25, 0.3) is 0 Å². The maximum absolute atomic E-state index is 11.3. The number of thiazole rings is 1. The summed E-state index contributed by atoms with van der Waals surface area (Å²) in [5.41, 5.74) is 0.847. The Kier molecular flexibility index (Phi) is 5.54. The van der Waals surface area contributed by atoms with Crippen molar-refractivity contribution in [2.24, 2.45) is 0 Å². The van der Waals surface area contributed by atoms with Gasteiger partial charge in [0.1, 0.15) is 4.88 Å². The lowest BCUT2D eigenvalue weighted by atomic mass is 9.82. The van der Waals surface area contributed by atoms with Crippen molar-refractivity contribution in [3.8, 4) is 0 Å². The maximum Gasteiger partial charge on any atom is 0.347 e. The van der Waals surface area contributed by atoms with Crippen LogP contribution in [0, 0.1) is 0 Å². The number of likely N-dealkylation sites (N-methyl/N-ethyl adjacent to an activating group) is 1. The number of carboxylic acids is 1. The minimum atomic E-state index is -0.810. The van der Waals surface area contributed by atoms with Gasteiger partial charge in [-0.3, -0.25) is 0 Å². The lowest BCUT2D eigenvalue weighted by Crippen LogP contribution is -2.22. The van der Waals surface area contributed by atoms with Crippen molar-refractivity contribution in [1.29, 1.82) is 0 Å². The Balaban J connectivity index is 1.96. The van der Waals surface area contributed by atoms with Gasteiger partial charge in [-0.25, -0.2) is 9.78 Å². The minimum absolute atomic E-state index is 0.393. The predicted octanol–water partition coefficient (Wildman–Crippen LogP) is 3.38. The van der Waals surface area contributed by atoms with Gasteiger partial charge in [-0.05, 0) is 32.9 Å². The molecule has 1 aliphatic carbocycles. The van der Waals surface area contributed by atoms with Gasteiger partial charge in [-0.1, -0.05) is 19.8 Å². The van der Waals surface area contributed by atoms with Gasteiger partial charge in [-0.15, -0.1) is 11.3 Å². The fraction of sp³-hybridized carbons (Fsp3) is 0.733. The van der Waals surface area contributed by atoms with E-state index in [0.717, 1.165) is 43.1 Å². The lowest BCUT2D eigenvalue weighted by molar-refractivity contribution is 0.0699. The monoisotopic (exact) mass is 296 g/mol. The number of rotatable bonds is 8. The standard InChI is InChI=1S/C15H24N2O2S/c1-3-4-9-17(2)10-8-12-16-13(11-6-5-7-11)14(20-12)15(18)19/h11H,3-10H2,1-2H3,(H,18,19). The van der Waals surface area contributed by atoms with Gasteiger partial charge >= 0.3 is 5.97 Å². The summed E-state index contributed by atoms with van der Waals surface area (Å²) in [6.07, 6.45) is 6.67. The first-order valence-corrected chi connectivity index (χ1v) is 8.35. The minimum Gasteiger partial charge on any atom is -0.477 e. The average molecular weight is 296 g/mol. The highest BCUT2D eigenvalue weighted by molar-refractivity contribution is 7.13. The molecule has 0 atom stereocenters. The van der Waals surface area contributed by atoms with Crippen LogP contribution in [0.3, 0.4) is 0 Å². The molecule has 0 unspecified atom stereocenters. The van der Waals surface area contributed by atoms with E-state index in [2.05, 4.69) is 23.9 Å². The zero-order valence-corrected chi connectivity index (χ0v) is 13.2. The van der Waals surface area contributed by atoms with Crippen LogP contribution in [0.1, 0.15) is 65.3 Å². The highest BCUT2D eigenvalue weighted by Crippen LogP contribution is 2.39. The fourth-order valence-electron chi connectivity index (χ4n) is 2.42. The predicted molar refractivity (Wildman–Crippen MR) is 81.8 cm³/mol. The first kappa shape index (κ1) is 15.4. The van der Waals surface area contributed by atoms with E-state index in [9.17, 15) is 9.90 Å². The van der Waals surface area contributed by atoms with Crippen LogP contribution in [0.15, 0.2) is 0 Å². The van der Waals surface area contributed by atoms with Crippen LogP contribution in [-0.2, 0) is 6.42 Å². The normalized spacial score (nSPS) is 15.6. The molecule has 0 aromatic carbocycles. The van der Waals surface area contributed by atoms with Crippen molar-refractivity contribution >= 4 is 17.3 Å². The molecule has 0 radical (unpaired) electrons. The van der Waals surface area contributed by atoms with E-state index in [4.69, 9.17) is 0 Å². The fourth-order valence-corrected chi connectivity index (χ4v) is 3.40. The second-order valence-corrected chi connectivity index (χ2v) is 6.75. The summed E-state index contributed by atoms with van der Waals surface area (Å²) in [5, 5.41) is 10.3. The Hall–Kier alpha value is -0.940. The van der Waals surface area contributed by atoms with Crippen molar-refractivity contribution in [3.63, 3.8) is 0 Å². The zero-order valence-electron chi connectivity index (χ0n) is 12.4. The topological polar surface area (TPSA) is 53.4 Å². The average Bonchev–Trinajstić information content (AvgIpc) is 2.76. The quantitative estimate of drug-likeness (QED) is 0.799. The molecule has 1 aromatic rings. The molecule has 0 amide bonds. The maximum atomic E-state index is 11.3. The summed E-state index contributed by atoms with van der Waals surface area (Å²) < 4.78 is 0. The van der Waals surface area contributed by atoms with E-state index in [1.165, 1.54) is 30.6 Å². The molecule has 0 bridgehead atoms. The first-order valence-electron chi connectivity index (χ1n) is 7.53. The molecule has 0 spiro atoms. The summed E-state index contributed by atoms with van der Waals surface area (Å²) >= 11 is 1.37. The Morgan fingerprint density at radius 3 is 2.75 bits per heavy atom. The van der Waals surface area contributed by atoms with Crippen molar-refractivity contribution in [3.05, 3.63) is 15.6 Å². The van der Waals surface area contributed by atoms with Crippen LogP contribution in [0.25, 0.3) is 0 Å². The highest BCUT2D eigenvalue weighted by Gasteiger charge is 2.28. The van der Waals surface area contributed by atoms with Crippen molar-refractivity contribution in [1.82, 2.24) is 9.88 Å². The van der Waals surface area contributed by atoms with Crippen molar-refractivity contribution in [2.45, 2.75) is 51.4 Å². The number of hydrogen-bond donors (Lipinski definition) is 1. The Morgan fingerprint density at radius 2 is 2.20 bits per heavy atom. The van der Waals surface area contributed by atoms with Crippen LogP contribution in [-0.4, -0.2) is 41.1 Å². The van der Waals surface area contributed by atoms with Crippen molar-refractivity contribution < 1.29 is 9.90 Å². The molecular weight excluding hydrogens is 272 g/mol. The molecule has 5 heteroatoms. The Labute approximate surface area is 124 Å². The third kappa shape index (κ3) is 3.79. The number of unbranched alkanes of at least 4 members (excludes halogenated alkanes) is 1. The molecule has 1 aliphatic rings. The summed E-state index contributed by atoms with van der Waals surface area (Å²) in [6.45, 7) is 4.25. The van der Waals surface area contributed by atoms with Crippen molar-refractivity contribution in [2.75, 3.05) is 20.1 Å². The van der Waals surface area contributed by atoms with Crippen LogP contribution >= 0.6 is 11.3 Å². The molecule has 1 N–H and O–H groups in total. The van der Waals surface area contributed by atoms with Crippen LogP contribution in [0.4, 0.5) is 0 Å². The number of nitrogens with zero attached hydrogens (tertiary/aromatic N) is 2. The summed E-state index contributed by atoms with van der Waals surface area (Å²) in [4.78, 5) is 18.7. The first-order chi connectivity index (χ1) is 9.61. The molecule has 0 saturated heterocycles. The Morgan fingerprint density at radius 1 is 1.45 bits per heavy atom. The van der Waals surface area contributed by atoms with E-state index < -0.39 is 5.97 Å². The summed E-state index contributed by atoms with van der Waals surface area (Å²) in [5.74, 6) is -0.418. The smallest absolute Gasteiger partial charge is 0.347 e. The van der Waals surface area contributed by atoms with Gasteiger partial charge in [0.15, 0.2) is 0 Å². The van der Waals surface area contributed by atoms with Gasteiger partial charge < -0.3 is 10.0 Å². The number of carbonyl (C=O) groups is 1. The molecule has 112 valence electrons. The molecule has 1 aromatic heterocycles. The van der Waals surface area contributed by atoms with E-state index in [0.29, 0.717) is 10.8 Å². The molecule has 2 rings (SSSR count). The number of hydrogen-bond acceptors (Lipinski definition) is 4. The molecule has 4 nitrogen and oxygen atoms in total. The molecule has 20 heavy (non-hydrogen) atoms. The molecule has 1 fully saturated rings. The molecule has 1 saturated carbocycles. The van der Waals surface area contributed by atoms with Crippen LogP contribution < -0.4 is 0 Å². The van der Waals surface area contributed by atoms with E-state index >= 15 is 0 Å². The van der Waals surface area contributed by atoms with Crippen LogP contribution in [0.2, 0.25) is 0 Å². The van der Waals surface area contributed by atoms with Gasteiger partial charge in [0, 0.05) is 18.9 Å². The number of aromatic nitrogens is 1. The van der Waals surface area contributed by atoms with Gasteiger partial charge in [0.2, 0.25) is 0 Å². The Bertz CT molecular complexity index is 455. The largest absolute Gasteiger partial charge is 0.477 e. The number of carboxylic acid groups (broad SMARTS) is 1. The summed E-state index contributed by atoms with van der Waals surface area (Å²) in [7, 11) is 2.12. The highest BCUT2D eigenvalue weighted by atomic mass is 32.1. The van der Waals surface area contributed by atoms with Gasteiger partial charge in [-0.2, -0.15) is 0 Å². The van der Waals surface area contributed by atoms with E-state index in [1.807, 2.05) is 0 Å². The van der Waals surface area contributed by atoms with E-state index in [-0.39, 0.29) is 0 Å². The SMILES string of the molecule is CCCCN(C)CCc1nc(C2CCC2)c(C(=O)O)s1. The second kappa shape index (κ2) is 7.18. The zero-order chi connectivity index (χ0) is 14.5. The molecular formula is C15H24N2O2S. The second-order valence-electron chi connectivity index (χ2n) is 5.66. The van der Waals surface area contributed by atoms with Gasteiger partial charge in [0.05, 0.1) is 10.7 Å². The third-order valence-electron chi connectivity index (χ3n) is 3.98. The summed E-state index contributed by atoms with van der Waals surface area (Å²) in [6, 6.07) is 0. The molecule has 1 heterocycles.